The van der Waals surface area contributed by atoms with Crippen LogP contribution in [0.2, 0.25) is 0 Å². The van der Waals surface area contributed by atoms with Gasteiger partial charge in [-0.1, -0.05) is 5.16 Å². The maximum absolute atomic E-state index is 13.4. The second kappa shape index (κ2) is 12.9. The van der Waals surface area contributed by atoms with E-state index in [2.05, 4.69) is 24.7 Å². The first-order chi connectivity index (χ1) is 22.4. The molecule has 0 unspecified atom stereocenters. The molecule has 48 heavy (non-hydrogen) atoms. The summed E-state index contributed by atoms with van der Waals surface area (Å²) in [5, 5.41) is 18.4. The summed E-state index contributed by atoms with van der Waals surface area (Å²) in [6.45, 7) is 4.61. The molecular weight excluding hydrogens is 672 g/mol. The number of carbonyl (C=O) groups is 3. The molecule has 20 heteroatoms. The van der Waals surface area contributed by atoms with Crippen LogP contribution in [0.3, 0.4) is 0 Å². The van der Waals surface area contributed by atoms with Gasteiger partial charge in [0.15, 0.2) is 16.9 Å². The number of hydroxylamine groups is 2. The van der Waals surface area contributed by atoms with Crippen LogP contribution in [0.15, 0.2) is 33.7 Å². The molecule has 0 bridgehead atoms. The standard InChI is InChI=1S/C28H36N8O10S2/c1-27(2)21(24(38)36(27)46-48(41,42)43)34-23(37)20(17-12-47-26(31)33-17)35-45-28(3,25(39)40)19-7-5-14-10-15(4-6-18(14)44-19)22(30)32-16-8-13(9-16)11-29/h4,6,10,12-13,16,19,21H,5,7-9,11,29H2,1-3H3,(H2,30,32)(H2,31,33)(H,34,37)(H,39,40)(H,41,42,43)/b35-20-/t13?,16?,19-,21-,28+/m1/s1. The van der Waals surface area contributed by atoms with Crippen LogP contribution in [-0.4, -0.2) is 93.3 Å². The van der Waals surface area contributed by atoms with Crippen molar-refractivity contribution in [2.45, 2.75) is 75.8 Å². The average molecular weight is 709 g/mol. The van der Waals surface area contributed by atoms with Gasteiger partial charge in [-0.3, -0.25) is 19.1 Å². The van der Waals surface area contributed by atoms with Crippen LogP contribution in [0, 0.1) is 5.92 Å². The Hall–Kier alpha value is -4.37. The number of aliphatic carboxylic acids is 1. The molecule has 0 spiro atoms. The molecule has 9 N–H and O–H groups in total. The highest BCUT2D eigenvalue weighted by atomic mass is 32.3. The molecule has 18 nitrogen and oxygen atoms in total. The van der Waals surface area contributed by atoms with Crippen molar-refractivity contribution in [2.24, 2.45) is 27.5 Å². The van der Waals surface area contributed by atoms with Gasteiger partial charge in [-0.05, 0) is 82.7 Å². The van der Waals surface area contributed by atoms with E-state index in [1.54, 1.807) is 12.1 Å². The number of carboxylic acids is 1. The molecule has 1 saturated heterocycles. The number of thiazole rings is 1. The van der Waals surface area contributed by atoms with Crippen molar-refractivity contribution in [3.8, 4) is 5.75 Å². The number of aromatic nitrogens is 1. The zero-order valence-corrected chi connectivity index (χ0v) is 27.8. The molecule has 2 amide bonds. The fraction of sp³-hybridized carbons (Fsp3) is 0.500. The molecular formula is C28H36N8O10S2. The Labute approximate surface area is 279 Å². The van der Waals surface area contributed by atoms with Gasteiger partial charge in [0.25, 0.3) is 17.4 Å². The number of nitrogens with two attached hydrogens (primary N) is 3. The van der Waals surface area contributed by atoms with Gasteiger partial charge in [0.2, 0.25) is 0 Å². The van der Waals surface area contributed by atoms with Gasteiger partial charge in [-0.2, -0.15) is 13.5 Å². The van der Waals surface area contributed by atoms with Crippen LogP contribution in [0.4, 0.5) is 5.13 Å². The summed E-state index contributed by atoms with van der Waals surface area (Å²) in [5.74, 6) is -2.17. The van der Waals surface area contributed by atoms with Gasteiger partial charge in [0.1, 0.15) is 23.3 Å². The molecule has 2 fully saturated rings. The maximum Gasteiger partial charge on any atom is 0.418 e. The summed E-state index contributed by atoms with van der Waals surface area (Å²) in [6.07, 6.45) is 1.33. The first kappa shape index (κ1) is 35.0. The van der Waals surface area contributed by atoms with E-state index in [9.17, 15) is 27.9 Å². The third-order valence-electron chi connectivity index (χ3n) is 8.63. The highest BCUT2D eigenvalue weighted by Gasteiger charge is 2.58. The monoisotopic (exact) mass is 708 g/mol. The van der Waals surface area contributed by atoms with E-state index in [1.807, 2.05) is 6.07 Å². The molecule has 260 valence electrons. The van der Waals surface area contributed by atoms with Crippen LogP contribution in [0.25, 0.3) is 0 Å². The minimum atomic E-state index is -5.03. The molecule has 1 saturated carbocycles. The molecule has 0 radical (unpaired) electrons. The number of β-lactam (4-membered cyclic amide) rings is 1. The van der Waals surface area contributed by atoms with E-state index >= 15 is 0 Å². The number of amides is 2. The number of carbonyl (C=O) groups excluding carboxylic acids is 2. The second-order valence-corrected chi connectivity index (χ2v) is 14.3. The van der Waals surface area contributed by atoms with Crippen LogP contribution in [0.1, 0.15) is 56.9 Å². The number of hydrogen-bond donors (Lipinski definition) is 6. The van der Waals surface area contributed by atoms with E-state index in [4.69, 9.17) is 31.3 Å². The Morgan fingerprint density at radius 3 is 2.60 bits per heavy atom. The highest BCUT2D eigenvalue weighted by molar-refractivity contribution is 7.80. The minimum Gasteiger partial charge on any atom is -0.485 e. The molecule has 3 heterocycles. The third-order valence-corrected chi connectivity index (χ3v) is 9.64. The molecule has 3 atom stereocenters. The Morgan fingerprint density at radius 2 is 2.02 bits per heavy atom. The Kier molecular flexibility index (Phi) is 9.40. The first-order valence-electron chi connectivity index (χ1n) is 14.8. The number of nitrogens with one attached hydrogen (secondary N) is 1. The molecule has 1 aromatic carbocycles. The Morgan fingerprint density at radius 1 is 1.31 bits per heavy atom. The summed E-state index contributed by atoms with van der Waals surface area (Å²) in [7, 11) is -5.03. The molecule has 1 aromatic heterocycles. The van der Waals surface area contributed by atoms with Crippen molar-refractivity contribution in [3.05, 3.63) is 40.4 Å². The number of aliphatic imine (C=N–C) groups is 1. The van der Waals surface area contributed by atoms with E-state index < -0.39 is 57.2 Å². The number of rotatable bonds is 12. The highest BCUT2D eigenvalue weighted by Crippen LogP contribution is 2.36. The number of ether oxygens (including phenoxy) is 1. The van der Waals surface area contributed by atoms with Crippen LogP contribution < -0.4 is 27.3 Å². The van der Waals surface area contributed by atoms with Crippen molar-refractivity contribution in [2.75, 3.05) is 12.3 Å². The molecule has 2 aromatic rings. The Bertz CT molecular complexity index is 1790. The van der Waals surface area contributed by atoms with E-state index in [0.29, 0.717) is 41.1 Å². The largest absolute Gasteiger partial charge is 0.485 e. The number of hydrogen-bond acceptors (Lipinski definition) is 14. The van der Waals surface area contributed by atoms with Gasteiger partial charge in [0, 0.05) is 10.9 Å². The van der Waals surface area contributed by atoms with Gasteiger partial charge in [-0.15, -0.1) is 15.6 Å². The predicted octanol–water partition coefficient (Wildman–Crippen LogP) is -0.0343. The fourth-order valence-electron chi connectivity index (χ4n) is 5.60. The van der Waals surface area contributed by atoms with E-state index in [0.717, 1.165) is 29.7 Å². The lowest BCUT2D eigenvalue weighted by Gasteiger charge is -2.50. The number of fused-ring (bicyclic) bond motifs is 1. The topological polar surface area (TPSA) is 284 Å². The minimum absolute atomic E-state index is 0.0592. The van der Waals surface area contributed by atoms with Crippen molar-refractivity contribution in [1.82, 2.24) is 15.4 Å². The van der Waals surface area contributed by atoms with E-state index in [1.165, 1.54) is 26.2 Å². The summed E-state index contributed by atoms with van der Waals surface area (Å²) in [5.41, 5.74) is 15.1. The summed E-state index contributed by atoms with van der Waals surface area (Å²) < 4.78 is 41.7. The first-order valence-corrected chi connectivity index (χ1v) is 17.0. The third kappa shape index (κ3) is 6.92. The molecule has 2 aliphatic heterocycles. The van der Waals surface area contributed by atoms with E-state index in [-0.39, 0.29) is 23.3 Å². The summed E-state index contributed by atoms with van der Waals surface area (Å²) in [6, 6.07) is 4.05. The van der Waals surface area contributed by atoms with Crippen LogP contribution in [0.5, 0.6) is 5.75 Å². The number of oxime groups is 1. The van der Waals surface area contributed by atoms with Crippen LogP contribution >= 0.6 is 11.3 Å². The smallest absolute Gasteiger partial charge is 0.418 e. The average Bonchev–Trinajstić information content (AvgIpc) is 3.44. The SMILES string of the molecule is CC1(C)[C@H](NC(=O)/C(=N\O[C@](C)(C(=O)O)[C@H]2CCc3cc(C(N)=NC4CC(CN)C4)ccc3O2)c2csc(N)n2)C(=O)N1OS(=O)(=O)O. The molecule has 5 rings (SSSR count). The van der Waals surface area contributed by atoms with Crippen LogP contribution in [-0.2, 0) is 40.3 Å². The predicted molar refractivity (Wildman–Crippen MR) is 171 cm³/mol. The van der Waals surface area contributed by atoms with Crippen molar-refractivity contribution in [1.29, 1.82) is 0 Å². The summed E-state index contributed by atoms with van der Waals surface area (Å²) >= 11 is 0.965. The molecule has 1 aliphatic carbocycles. The van der Waals surface area contributed by atoms with Crippen molar-refractivity contribution < 1.29 is 46.3 Å². The van der Waals surface area contributed by atoms with Crippen molar-refractivity contribution >= 4 is 56.2 Å². The van der Waals surface area contributed by atoms with Gasteiger partial charge >= 0.3 is 16.4 Å². The fourth-order valence-corrected chi connectivity index (χ4v) is 6.60. The number of nitrogen functional groups attached to an aromatic ring is 1. The number of nitrogens with zero attached hydrogens (tertiary/aromatic N) is 4. The van der Waals surface area contributed by atoms with Crippen molar-refractivity contribution in [3.63, 3.8) is 0 Å². The van der Waals surface area contributed by atoms with Gasteiger partial charge in [-0.25, -0.2) is 9.78 Å². The number of benzene rings is 1. The number of aryl methyl sites for hydroxylation is 1. The van der Waals surface area contributed by atoms with Gasteiger partial charge < -0.3 is 37.2 Å². The zero-order chi connectivity index (χ0) is 35.2. The Balaban J connectivity index is 1.34. The number of anilines is 1. The number of amidine groups is 1. The maximum atomic E-state index is 13.4. The normalized spacial score (nSPS) is 25.1. The lowest BCUT2D eigenvalue weighted by Crippen LogP contribution is -2.76. The number of carboxylic acid groups (broad SMARTS) is 1. The van der Waals surface area contributed by atoms with Gasteiger partial charge in [0.05, 0.1) is 11.6 Å². The lowest BCUT2D eigenvalue weighted by atomic mass is 9.81. The quantitative estimate of drug-likeness (QED) is 0.0555. The molecule has 3 aliphatic rings. The summed E-state index contributed by atoms with van der Waals surface area (Å²) in [4.78, 5) is 52.9. The zero-order valence-electron chi connectivity index (χ0n) is 26.2. The second-order valence-electron chi connectivity index (χ2n) is 12.4. The lowest BCUT2D eigenvalue weighted by molar-refractivity contribution is -0.218.